The van der Waals surface area contributed by atoms with Gasteiger partial charge in [0.1, 0.15) is 17.8 Å². The van der Waals surface area contributed by atoms with Gasteiger partial charge in [-0.25, -0.2) is 14.5 Å². The number of esters is 1. The summed E-state index contributed by atoms with van der Waals surface area (Å²) in [6.07, 6.45) is 3.22. The third-order valence-corrected chi connectivity index (χ3v) is 4.03. The largest absolute Gasteiger partial charge is 0.467 e. The van der Waals surface area contributed by atoms with Gasteiger partial charge in [-0.15, -0.1) is 0 Å². The van der Waals surface area contributed by atoms with Crippen molar-refractivity contribution in [3.8, 4) is 5.69 Å². The van der Waals surface area contributed by atoms with Gasteiger partial charge in [-0.1, -0.05) is 18.5 Å². The highest BCUT2D eigenvalue weighted by molar-refractivity contribution is 6.30. The smallest absolute Gasteiger partial charge is 0.329 e. The molecule has 0 aliphatic rings. The zero-order valence-corrected chi connectivity index (χ0v) is 13.9. The molecule has 1 atom stereocenters. The van der Waals surface area contributed by atoms with Gasteiger partial charge < -0.3 is 4.74 Å². The second kappa shape index (κ2) is 6.45. The summed E-state index contributed by atoms with van der Waals surface area (Å²) in [5.74, 6) is -0.481. The van der Waals surface area contributed by atoms with Crippen molar-refractivity contribution >= 4 is 28.6 Å². The monoisotopic (exact) mass is 346 g/mol. The Hall–Kier alpha value is -2.67. The summed E-state index contributed by atoms with van der Waals surface area (Å²) in [6, 6.07) is 6.32. The Balaban J connectivity index is 2.13. The number of hydrogen-bond donors (Lipinski definition) is 0. The van der Waals surface area contributed by atoms with E-state index in [1.165, 1.54) is 24.2 Å². The highest BCUT2D eigenvalue weighted by Gasteiger charge is 2.22. The maximum atomic E-state index is 12.7. The van der Waals surface area contributed by atoms with E-state index in [0.29, 0.717) is 22.5 Å². The molecule has 24 heavy (non-hydrogen) atoms. The van der Waals surface area contributed by atoms with Gasteiger partial charge >= 0.3 is 5.97 Å². The molecule has 0 bridgehead atoms. The molecule has 0 unspecified atom stereocenters. The van der Waals surface area contributed by atoms with Crippen LogP contribution in [0.25, 0.3) is 16.7 Å². The lowest BCUT2D eigenvalue weighted by molar-refractivity contribution is -0.144. The molecule has 124 valence electrons. The molecule has 0 aliphatic heterocycles. The standard InChI is InChI=1S/C16H15ClN4O3/c1-3-13(16(23)24-2)20-9-18-14-12(15(20)22)8-19-21(14)11-6-4-10(17)5-7-11/h4-9,13H,3H2,1-2H3/t13-/m0/s1. The van der Waals surface area contributed by atoms with Gasteiger partial charge in [0.25, 0.3) is 5.56 Å². The molecule has 0 radical (unpaired) electrons. The van der Waals surface area contributed by atoms with Crippen LogP contribution in [0.5, 0.6) is 0 Å². The van der Waals surface area contributed by atoms with Gasteiger partial charge in [0.15, 0.2) is 5.65 Å². The van der Waals surface area contributed by atoms with E-state index in [-0.39, 0.29) is 5.56 Å². The van der Waals surface area contributed by atoms with Crippen LogP contribution in [-0.4, -0.2) is 32.4 Å². The zero-order chi connectivity index (χ0) is 17.3. The number of benzene rings is 1. The molecule has 0 N–H and O–H groups in total. The van der Waals surface area contributed by atoms with Crippen molar-refractivity contribution in [1.82, 2.24) is 19.3 Å². The van der Waals surface area contributed by atoms with Gasteiger partial charge in [0, 0.05) is 5.02 Å². The lowest BCUT2D eigenvalue weighted by atomic mass is 10.2. The van der Waals surface area contributed by atoms with Crippen LogP contribution >= 0.6 is 11.6 Å². The van der Waals surface area contributed by atoms with Crippen LogP contribution in [-0.2, 0) is 9.53 Å². The second-order valence-corrected chi connectivity index (χ2v) is 5.61. The predicted octanol–water partition coefficient (Wildman–Crippen LogP) is 2.36. The molecular formula is C16H15ClN4O3. The van der Waals surface area contributed by atoms with Crippen LogP contribution in [0, 0.1) is 0 Å². The number of carbonyl (C=O) groups excluding carboxylic acids is 1. The number of rotatable bonds is 4. The van der Waals surface area contributed by atoms with E-state index in [1.807, 2.05) is 0 Å². The molecule has 0 aliphatic carbocycles. The van der Waals surface area contributed by atoms with E-state index in [2.05, 4.69) is 10.1 Å². The van der Waals surface area contributed by atoms with E-state index in [4.69, 9.17) is 16.3 Å². The molecule has 1 aromatic carbocycles. The summed E-state index contributed by atoms with van der Waals surface area (Å²) in [6.45, 7) is 1.80. The number of fused-ring (bicyclic) bond motifs is 1. The lowest BCUT2D eigenvalue weighted by Gasteiger charge is -2.15. The topological polar surface area (TPSA) is 79.0 Å². The predicted molar refractivity (Wildman–Crippen MR) is 89.5 cm³/mol. The van der Waals surface area contributed by atoms with Gasteiger partial charge in [-0.2, -0.15) is 5.10 Å². The molecule has 7 nitrogen and oxygen atoms in total. The van der Waals surface area contributed by atoms with E-state index in [0.717, 1.165) is 5.69 Å². The Morgan fingerprint density at radius 2 is 2.04 bits per heavy atom. The average Bonchev–Trinajstić information content (AvgIpc) is 3.02. The number of halogens is 1. The molecule has 2 heterocycles. The molecule has 0 amide bonds. The van der Waals surface area contributed by atoms with Gasteiger partial charge in [-0.05, 0) is 30.7 Å². The van der Waals surface area contributed by atoms with Crippen molar-refractivity contribution in [3.63, 3.8) is 0 Å². The molecule has 2 aromatic heterocycles. The fraction of sp³-hybridized carbons (Fsp3) is 0.250. The molecule has 0 spiro atoms. The maximum Gasteiger partial charge on any atom is 0.329 e. The van der Waals surface area contributed by atoms with Crippen LogP contribution in [0.1, 0.15) is 19.4 Å². The average molecular weight is 347 g/mol. The Morgan fingerprint density at radius 3 is 2.67 bits per heavy atom. The summed E-state index contributed by atoms with van der Waals surface area (Å²) in [4.78, 5) is 28.8. The molecule has 0 fully saturated rings. The minimum absolute atomic E-state index is 0.329. The van der Waals surface area contributed by atoms with Crippen molar-refractivity contribution in [2.45, 2.75) is 19.4 Å². The zero-order valence-electron chi connectivity index (χ0n) is 13.1. The van der Waals surface area contributed by atoms with Gasteiger partial charge in [-0.3, -0.25) is 9.36 Å². The quantitative estimate of drug-likeness (QED) is 0.677. The van der Waals surface area contributed by atoms with Crippen LogP contribution < -0.4 is 5.56 Å². The highest BCUT2D eigenvalue weighted by Crippen LogP contribution is 2.18. The summed E-state index contributed by atoms with van der Waals surface area (Å²) in [7, 11) is 1.29. The van der Waals surface area contributed by atoms with E-state index < -0.39 is 12.0 Å². The molecule has 0 saturated carbocycles. The van der Waals surface area contributed by atoms with Crippen LogP contribution in [0.2, 0.25) is 5.02 Å². The first kappa shape index (κ1) is 16.2. The molecule has 3 aromatic rings. The molecule has 3 rings (SSSR count). The lowest BCUT2D eigenvalue weighted by Crippen LogP contribution is -2.30. The summed E-state index contributed by atoms with van der Waals surface area (Å²) in [5, 5.41) is 5.16. The first-order valence-electron chi connectivity index (χ1n) is 7.35. The van der Waals surface area contributed by atoms with Crippen LogP contribution in [0.3, 0.4) is 0 Å². The number of nitrogens with zero attached hydrogens (tertiary/aromatic N) is 4. The third-order valence-electron chi connectivity index (χ3n) is 3.78. The number of hydrogen-bond acceptors (Lipinski definition) is 5. The van der Waals surface area contributed by atoms with Crippen molar-refractivity contribution in [1.29, 1.82) is 0 Å². The Labute approximate surface area is 142 Å². The number of aromatic nitrogens is 4. The number of ether oxygens (including phenoxy) is 1. The molecular weight excluding hydrogens is 332 g/mol. The highest BCUT2D eigenvalue weighted by atomic mass is 35.5. The van der Waals surface area contributed by atoms with Crippen molar-refractivity contribution in [2.75, 3.05) is 7.11 Å². The first-order valence-corrected chi connectivity index (χ1v) is 7.73. The summed E-state index contributed by atoms with van der Waals surface area (Å²) >= 11 is 5.89. The summed E-state index contributed by atoms with van der Waals surface area (Å²) in [5.41, 5.74) is 0.815. The molecule has 0 saturated heterocycles. The van der Waals surface area contributed by atoms with E-state index in [9.17, 15) is 9.59 Å². The van der Waals surface area contributed by atoms with Crippen LogP contribution in [0.4, 0.5) is 0 Å². The van der Waals surface area contributed by atoms with Crippen LogP contribution in [0.15, 0.2) is 41.6 Å². The second-order valence-electron chi connectivity index (χ2n) is 5.17. The number of carbonyl (C=O) groups is 1. The first-order chi connectivity index (χ1) is 11.6. The van der Waals surface area contributed by atoms with Gasteiger partial charge in [0.05, 0.1) is 19.0 Å². The molecule has 8 heteroatoms. The van der Waals surface area contributed by atoms with E-state index >= 15 is 0 Å². The van der Waals surface area contributed by atoms with Crippen molar-refractivity contribution in [3.05, 3.63) is 52.2 Å². The third kappa shape index (κ3) is 2.67. The van der Waals surface area contributed by atoms with Crippen molar-refractivity contribution in [2.24, 2.45) is 0 Å². The van der Waals surface area contributed by atoms with Crippen molar-refractivity contribution < 1.29 is 9.53 Å². The van der Waals surface area contributed by atoms with Gasteiger partial charge in [0.2, 0.25) is 0 Å². The SMILES string of the molecule is CC[C@@H](C(=O)OC)n1cnc2c(cnn2-c2ccc(Cl)cc2)c1=O. The number of methoxy groups -OCH3 is 1. The van der Waals surface area contributed by atoms with E-state index in [1.54, 1.807) is 35.9 Å². The summed E-state index contributed by atoms with van der Waals surface area (Å²) < 4.78 is 7.58. The Morgan fingerprint density at radius 1 is 1.33 bits per heavy atom. The minimum Gasteiger partial charge on any atom is -0.467 e. The fourth-order valence-electron chi connectivity index (χ4n) is 2.53. The fourth-order valence-corrected chi connectivity index (χ4v) is 2.66. The normalized spacial score (nSPS) is 12.3. The minimum atomic E-state index is -0.710. The maximum absolute atomic E-state index is 12.7. The Kier molecular flexibility index (Phi) is 4.35. The Bertz CT molecular complexity index is 946.